The molecule has 0 bridgehead atoms. The summed E-state index contributed by atoms with van der Waals surface area (Å²) >= 11 is 5.69. The number of nitrogens with zero attached hydrogens (tertiary/aromatic N) is 1. The molecule has 8 heteroatoms. The van der Waals surface area contributed by atoms with Crippen molar-refractivity contribution >= 4 is 27.8 Å². The van der Waals surface area contributed by atoms with E-state index in [4.69, 9.17) is 20.9 Å². The van der Waals surface area contributed by atoms with E-state index in [9.17, 15) is 13.2 Å². The first-order valence-electron chi connectivity index (χ1n) is 6.05. The van der Waals surface area contributed by atoms with Crippen LogP contribution in [0.4, 0.5) is 4.79 Å². The van der Waals surface area contributed by atoms with E-state index >= 15 is 0 Å². The van der Waals surface area contributed by atoms with Gasteiger partial charge in [-0.05, 0) is 37.1 Å². The minimum absolute atomic E-state index is 0.00164. The second kappa shape index (κ2) is 5.99. The third-order valence-corrected chi connectivity index (χ3v) is 4.69. The van der Waals surface area contributed by atoms with Crippen molar-refractivity contribution in [1.29, 1.82) is 0 Å². The second-order valence-corrected chi connectivity index (χ2v) is 6.52. The van der Waals surface area contributed by atoms with Crippen LogP contribution in [-0.4, -0.2) is 43.7 Å². The summed E-state index contributed by atoms with van der Waals surface area (Å²) in [5.74, 6) is 0. The fraction of sp³-hybridized carbons (Fsp3) is 0.417. The fourth-order valence-electron chi connectivity index (χ4n) is 2.10. The smallest absolute Gasteiger partial charge is 0.407 e. The van der Waals surface area contributed by atoms with Crippen molar-refractivity contribution in [2.24, 2.45) is 0 Å². The van der Waals surface area contributed by atoms with Crippen molar-refractivity contribution < 1.29 is 22.5 Å². The van der Waals surface area contributed by atoms with Gasteiger partial charge in [0.15, 0.2) is 0 Å². The predicted molar refractivity (Wildman–Crippen MR) is 72.3 cm³/mol. The second-order valence-electron chi connectivity index (χ2n) is 4.46. The molecule has 1 N–H and O–H groups in total. The zero-order valence-corrected chi connectivity index (χ0v) is 12.1. The normalized spacial score (nSPS) is 19.2. The first kappa shape index (κ1) is 15.1. The molecule has 0 aromatic heterocycles. The van der Waals surface area contributed by atoms with E-state index < -0.39 is 22.3 Å². The first-order valence-corrected chi connectivity index (χ1v) is 7.83. The lowest BCUT2D eigenvalue weighted by Crippen LogP contribution is -2.37. The monoisotopic (exact) mass is 319 g/mol. The summed E-state index contributed by atoms with van der Waals surface area (Å²) in [5.41, 5.74) is 0. The van der Waals surface area contributed by atoms with Crippen LogP contribution in [0.5, 0.6) is 0 Å². The van der Waals surface area contributed by atoms with Gasteiger partial charge in [-0.2, -0.15) is 8.42 Å². The number of amides is 1. The van der Waals surface area contributed by atoms with Crippen LogP contribution in [0.1, 0.15) is 12.8 Å². The van der Waals surface area contributed by atoms with E-state index in [2.05, 4.69) is 0 Å². The number of carboxylic acid groups (broad SMARTS) is 1. The van der Waals surface area contributed by atoms with Gasteiger partial charge in [0.2, 0.25) is 0 Å². The molecule has 1 amide bonds. The molecule has 0 saturated carbocycles. The fourth-order valence-corrected chi connectivity index (χ4v) is 3.17. The van der Waals surface area contributed by atoms with Gasteiger partial charge in [-0.1, -0.05) is 11.6 Å². The Morgan fingerprint density at radius 2 is 2.05 bits per heavy atom. The summed E-state index contributed by atoms with van der Waals surface area (Å²) in [6, 6.07) is 5.19. The molecule has 0 unspecified atom stereocenters. The number of benzene rings is 1. The number of likely N-dealkylation sites (tertiary alicyclic amines) is 1. The van der Waals surface area contributed by atoms with Crippen molar-refractivity contribution in [3.05, 3.63) is 29.3 Å². The van der Waals surface area contributed by atoms with Crippen LogP contribution >= 0.6 is 11.6 Å². The van der Waals surface area contributed by atoms with Gasteiger partial charge in [-0.15, -0.1) is 0 Å². The molecule has 1 aliphatic rings. The largest absolute Gasteiger partial charge is 0.465 e. The average molecular weight is 320 g/mol. The minimum Gasteiger partial charge on any atom is -0.465 e. The number of hydrogen-bond acceptors (Lipinski definition) is 4. The summed E-state index contributed by atoms with van der Waals surface area (Å²) in [5, 5.41) is 9.39. The zero-order valence-electron chi connectivity index (χ0n) is 10.5. The van der Waals surface area contributed by atoms with Crippen LogP contribution < -0.4 is 0 Å². The number of hydrogen-bond donors (Lipinski definition) is 1. The Bertz CT molecular complexity index is 586. The molecular formula is C12H14ClNO5S. The highest BCUT2D eigenvalue weighted by atomic mass is 35.5. The van der Waals surface area contributed by atoms with Crippen molar-refractivity contribution in [3.63, 3.8) is 0 Å². The lowest BCUT2D eigenvalue weighted by Gasteiger charge is -2.20. The van der Waals surface area contributed by atoms with Crippen molar-refractivity contribution in [2.45, 2.75) is 23.8 Å². The van der Waals surface area contributed by atoms with E-state index in [-0.39, 0.29) is 11.5 Å². The molecule has 110 valence electrons. The lowest BCUT2D eigenvalue weighted by molar-refractivity contribution is 0.124. The van der Waals surface area contributed by atoms with Crippen LogP contribution in [-0.2, 0) is 14.3 Å². The van der Waals surface area contributed by atoms with E-state index in [1.807, 2.05) is 0 Å². The van der Waals surface area contributed by atoms with Crippen LogP contribution in [0.15, 0.2) is 29.2 Å². The highest BCUT2D eigenvalue weighted by molar-refractivity contribution is 7.86. The van der Waals surface area contributed by atoms with Gasteiger partial charge >= 0.3 is 6.09 Å². The molecule has 20 heavy (non-hydrogen) atoms. The van der Waals surface area contributed by atoms with Crippen molar-refractivity contribution in [1.82, 2.24) is 4.90 Å². The Morgan fingerprint density at radius 1 is 1.40 bits per heavy atom. The maximum atomic E-state index is 11.9. The molecule has 1 aromatic carbocycles. The minimum atomic E-state index is -3.89. The molecule has 6 nitrogen and oxygen atoms in total. The highest BCUT2D eigenvalue weighted by Gasteiger charge is 2.30. The molecule has 1 atom stereocenters. The molecule has 0 aliphatic carbocycles. The maximum absolute atomic E-state index is 11.9. The molecule has 1 aliphatic heterocycles. The van der Waals surface area contributed by atoms with Crippen molar-refractivity contribution in [2.75, 3.05) is 13.2 Å². The SMILES string of the molecule is O=C(O)N1CCC[C@@H]1COS(=O)(=O)c1ccc(Cl)cc1. The van der Waals surface area contributed by atoms with Gasteiger partial charge in [-0.3, -0.25) is 4.18 Å². The Hall–Kier alpha value is -1.31. The lowest BCUT2D eigenvalue weighted by atomic mass is 10.2. The number of carbonyl (C=O) groups is 1. The summed E-state index contributed by atoms with van der Waals surface area (Å²) in [4.78, 5) is 12.2. The van der Waals surface area contributed by atoms with Crippen LogP contribution in [0.3, 0.4) is 0 Å². The molecule has 1 heterocycles. The van der Waals surface area contributed by atoms with E-state index in [0.29, 0.717) is 24.4 Å². The number of rotatable bonds is 4. The zero-order chi connectivity index (χ0) is 14.8. The topological polar surface area (TPSA) is 83.9 Å². The third-order valence-electron chi connectivity index (χ3n) is 3.14. The average Bonchev–Trinajstić information content (AvgIpc) is 2.85. The molecular weight excluding hydrogens is 306 g/mol. The molecule has 0 radical (unpaired) electrons. The third kappa shape index (κ3) is 3.41. The quantitative estimate of drug-likeness (QED) is 0.860. The summed E-state index contributed by atoms with van der Waals surface area (Å²) < 4.78 is 28.8. The van der Waals surface area contributed by atoms with Crippen LogP contribution in [0.25, 0.3) is 0 Å². The molecule has 0 spiro atoms. The first-order chi connectivity index (χ1) is 9.40. The Kier molecular flexibility index (Phi) is 4.52. The number of halogens is 1. The van der Waals surface area contributed by atoms with Crippen LogP contribution in [0, 0.1) is 0 Å². The highest BCUT2D eigenvalue weighted by Crippen LogP contribution is 2.21. The molecule has 2 rings (SSSR count). The van der Waals surface area contributed by atoms with Gasteiger partial charge in [0.25, 0.3) is 10.1 Å². The molecule has 1 saturated heterocycles. The van der Waals surface area contributed by atoms with E-state index in [1.165, 1.54) is 29.2 Å². The maximum Gasteiger partial charge on any atom is 0.407 e. The van der Waals surface area contributed by atoms with Crippen LogP contribution in [0.2, 0.25) is 5.02 Å². The Morgan fingerprint density at radius 3 is 2.65 bits per heavy atom. The Labute approximate surface area is 122 Å². The Balaban J connectivity index is 2.02. The summed E-state index contributed by atoms with van der Waals surface area (Å²) in [6.07, 6.45) is 0.254. The van der Waals surface area contributed by atoms with Gasteiger partial charge in [0.05, 0.1) is 17.5 Å². The standard InChI is InChI=1S/C12H14ClNO5S/c13-9-3-5-11(6-4-9)20(17,18)19-8-10-2-1-7-14(10)12(15)16/h3-6,10H,1-2,7-8H2,(H,15,16)/t10-/m1/s1. The van der Waals surface area contributed by atoms with Gasteiger partial charge in [0.1, 0.15) is 0 Å². The molecule has 1 fully saturated rings. The summed E-state index contributed by atoms with van der Waals surface area (Å²) in [7, 11) is -3.89. The summed E-state index contributed by atoms with van der Waals surface area (Å²) in [6.45, 7) is 0.238. The van der Waals surface area contributed by atoms with Gasteiger partial charge in [-0.25, -0.2) is 4.79 Å². The van der Waals surface area contributed by atoms with E-state index in [0.717, 1.165) is 0 Å². The van der Waals surface area contributed by atoms with Gasteiger partial charge in [0, 0.05) is 11.6 Å². The van der Waals surface area contributed by atoms with Crippen molar-refractivity contribution in [3.8, 4) is 0 Å². The predicted octanol–water partition coefficient (Wildman–Crippen LogP) is 2.19. The van der Waals surface area contributed by atoms with Gasteiger partial charge < -0.3 is 10.0 Å². The molecule has 1 aromatic rings. The van der Waals surface area contributed by atoms with E-state index in [1.54, 1.807) is 0 Å².